The summed E-state index contributed by atoms with van der Waals surface area (Å²) in [5.41, 5.74) is 2.16. The fraction of sp³-hybridized carbons (Fsp3) is 0.583. The normalized spacial score (nSPS) is 12.5. The number of hydrogen-bond donors (Lipinski definition) is 2. The van der Waals surface area contributed by atoms with E-state index in [1.54, 1.807) is 0 Å². The molecule has 84 valence electrons. The molecule has 1 heterocycles. The van der Waals surface area contributed by atoms with E-state index in [4.69, 9.17) is 5.11 Å². The van der Waals surface area contributed by atoms with Crippen LogP contribution in [-0.2, 0) is 0 Å². The minimum Gasteiger partial charge on any atom is -0.396 e. The first-order valence-electron chi connectivity index (χ1n) is 5.49. The van der Waals surface area contributed by atoms with Gasteiger partial charge in [-0.15, -0.1) is 0 Å². The van der Waals surface area contributed by atoms with E-state index in [9.17, 15) is 0 Å². The van der Waals surface area contributed by atoms with Crippen molar-refractivity contribution in [3.05, 3.63) is 24.0 Å². The molecule has 0 saturated carbocycles. The van der Waals surface area contributed by atoms with Gasteiger partial charge in [-0.05, 0) is 37.8 Å². The van der Waals surface area contributed by atoms with Crippen molar-refractivity contribution in [3.8, 4) is 0 Å². The van der Waals surface area contributed by atoms with Gasteiger partial charge in [-0.3, -0.25) is 4.98 Å². The molecule has 0 amide bonds. The predicted octanol–water partition coefficient (Wildman–Crippen LogP) is 2.21. The van der Waals surface area contributed by atoms with E-state index in [2.05, 4.69) is 17.2 Å². The molecular weight excluding hydrogens is 188 g/mol. The highest BCUT2D eigenvalue weighted by Crippen LogP contribution is 2.08. The molecular formula is C12H20N2O. The van der Waals surface area contributed by atoms with E-state index in [0.29, 0.717) is 5.92 Å². The van der Waals surface area contributed by atoms with Gasteiger partial charge in [0.1, 0.15) is 0 Å². The van der Waals surface area contributed by atoms with Crippen LogP contribution in [0.4, 0.5) is 5.69 Å². The highest BCUT2D eigenvalue weighted by atomic mass is 16.3. The number of rotatable bonds is 6. The number of aliphatic hydroxyl groups is 1. The summed E-state index contributed by atoms with van der Waals surface area (Å²) in [5.74, 6) is 0.408. The lowest BCUT2D eigenvalue weighted by Gasteiger charge is -2.09. The lowest BCUT2D eigenvalue weighted by atomic mass is 10.1. The van der Waals surface area contributed by atoms with Crippen LogP contribution in [0.1, 0.15) is 25.5 Å². The van der Waals surface area contributed by atoms with Crippen molar-refractivity contribution in [1.82, 2.24) is 4.98 Å². The molecule has 0 fully saturated rings. The van der Waals surface area contributed by atoms with Crippen molar-refractivity contribution in [2.75, 3.05) is 18.5 Å². The maximum atomic E-state index is 8.86. The van der Waals surface area contributed by atoms with E-state index in [1.807, 2.05) is 25.3 Å². The summed E-state index contributed by atoms with van der Waals surface area (Å²) >= 11 is 0. The molecule has 15 heavy (non-hydrogen) atoms. The van der Waals surface area contributed by atoms with Crippen molar-refractivity contribution in [3.63, 3.8) is 0 Å². The topological polar surface area (TPSA) is 45.1 Å². The van der Waals surface area contributed by atoms with E-state index in [1.165, 1.54) is 0 Å². The maximum absolute atomic E-state index is 8.86. The summed E-state index contributed by atoms with van der Waals surface area (Å²) in [4.78, 5) is 4.14. The average molecular weight is 208 g/mol. The average Bonchev–Trinajstić information content (AvgIpc) is 2.24. The van der Waals surface area contributed by atoms with Gasteiger partial charge < -0.3 is 10.4 Å². The van der Waals surface area contributed by atoms with Crippen LogP contribution in [-0.4, -0.2) is 23.2 Å². The third-order valence-corrected chi connectivity index (χ3v) is 2.41. The second-order valence-electron chi connectivity index (χ2n) is 4.04. The molecule has 0 bridgehead atoms. The molecule has 0 spiro atoms. The van der Waals surface area contributed by atoms with Crippen LogP contribution in [0.15, 0.2) is 18.3 Å². The van der Waals surface area contributed by atoms with Crippen LogP contribution in [0, 0.1) is 12.8 Å². The summed E-state index contributed by atoms with van der Waals surface area (Å²) in [6.45, 7) is 5.29. The molecule has 1 aromatic heterocycles. The van der Waals surface area contributed by atoms with Crippen molar-refractivity contribution >= 4 is 5.69 Å². The van der Waals surface area contributed by atoms with Gasteiger partial charge in [0.15, 0.2) is 0 Å². The molecule has 0 saturated heterocycles. The Balaban J connectivity index is 2.20. The van der Waals surface area contributed by atoms with Gasteiger partial charge in [0.25, 0.3) is 0 Å². The van der Waals surface area contributed by atoms with E-state index >= 15 is 0 Å². The van der Waals surface area contributed by atoms with E-state index in [-0.39, 0.29) is 6.61 Å². The summed E-state index contributed by atoms with van der Waals surface area (Å²) in [6.07, 6.45) is 3.96. The molecule has 0 aliphatic heterocycles. The highest BCUT2D eigenvalue weighted by Gasteiger charge is 1.99. The Labute approximate surface area is 91.5 Å². The largest absolute Gasteiger partial charge is 0.396 e. The van der Waals surface area contributed by atoms with Gasteiger partial charge >= 0.3 is 0 Å². The van der Waals surface area contributed by atoms with Crippen LogP contribution in [0.25, 0.3) is 0 Å². The van der Waals surface area contributed by atoms with Gasteiger partial charge in [0.2, 0.25) is 0 Å². The van der Waals surface area contributed by atoms with Gasteiger partial charge in [-0.25, -0.2) is 0 Å². The molecule has 2 N–H and O–H groups in total. The minimum absolute atomic E-state index is 0.286. The standard InChI is InChI=1S/C12H20N2O/c1-10(9-15)4-3-6-14-12-5-7-13-11(2)8-12/h5,7-8,10,15H,3-4,6,9H2,1-2H3,(H,13,14). The molecule has 3 nitrogen and oxygen atoms in total. The second-order valence-corrected chi connectivity index (χ2v) is 4.04. The number of aromatic nitrogens is 1. The van der Waals surface area contributed by atoms with Crippen LogP contribution in [0.3, 0.4) is 0 Å². The Morgan fingerprint density at radius 2 is 2.33 bits per heavy atom. The van der Waals surface area contributed by atoms with E-state index in [0.717, 1.165) is 30.8 Å². The van der Waals surface area contributed by atoms with Crippen LogP contribution < -0.4 is 5.32 Å². The smallest absolute Gasteiger partial charge is 0.0456 e. The quantitative estimate of drug-likeness (QED) is 0.704. The number of nitrogens with one attached hydrogen (secondary N) is 1. The molecule has 1 atom stereocenters. The minimum atomic E-state index is 0.286. The van der Waals surface area contributed by atoms with Gasteiger partial charge in [0.05, 0.1) is 0 Å². The van der Waals surface area contributed by atoms with Crippen molar-refractivity contribution in [2.24, 2.45) is 5.92 Å². The third kappa shape index (κ3) is 4.79. The number of pyridine rings is 1. The Kier molecular flexibility index (Phi) is 5.12. The third-order valence-electron chi connectivity index (χ3n) is 2.41. The number of hydrogen-bond acceptors (Lipinski definition) is 3. The Morgan fingerprint density at radius 3 is 3.00 bits per heavy atom. The lowest BCUT2D eigenvalue weighted by Crippen LogP contribution is -2.06. The summed E-state index contributed by atoms with van der Waals surface area (Å²) in [5, 5.41) is 12.2. The molecule has 0 aliphatic carbocycles. The molecule has 3 heteroatoms. The molecule has 0 aliphatic rings. The first-order chi connectivity index (χ1) is 7.22. The van der Waals surface area contributed by atoms with Crippen molar-refractivity contribution in [1.29, 1.82) is 0 Å². The molecule has 1 unspecified atom stereocenters. The first-order valence-corrected chi connectivity index (χ1v) is 5.49. The van der Waals surface area contributed by atoms with Crippen LogP contribution in [0.5, 0.6) is 0 Å². The molecule has 0 aromatic carbocycles. The predicted molar refractivity (Wildman–Crippen MR) is 62.9 cm³/mol. The lowest BCUT2D eigenvalue weighted by molar-refractivity contribution is 0.229. The molecule has 0 radical (unpaired) electrons. The first kappa shape index (κ1) is 12.0. The molecule has 1 aromatic rings. The monoisotopic (exact) mass is 208 g/mol. The zero-order valence-electron chi connectivity index (χ0n) is 9.53. The number of nitrogens with zero attached hydrogens (tertiary/aromatic N) is 1. The van der Waals surface area contributed by atoms with Crippen molar-refractivity contribution in [2.45, 2.75) is 26.7 Å². The maximum Gasteiger partial charge on any atom is 0.0456 e. The Hall–Kier alpha value is -1.09. The summed E-state index contributed by atoms with van der Waals surface area (Å²) < 4.78 is 0. The second kappa shape index (κ2) is 6.40. The van der Waals surface area contributed by atoms with Crippen LogP contribution in [0.2, 0.25) is 0 Å². The SMILES string of the molecule is Cc1cc(NCCCC(C)CO)ccn1. The zero-order valence-corrected chi connectivity index (χ0v) is 9.53. The number of aliphatic hydroxyl groups excluding tert-OH is 1. The zero-order chi connectivity index (χ0) is 11.1. The summed E-state index contributed by atoms with van der Waals surface area (Å²) in [7, 11) is 0. The van der Waals surface area contributed by atoms with E-state index < -0.39 is 0 Å². The van der Waals surface area contributed by atoms with Crippen LogP contribution >= 0.6 is 0 Å². The van der Waals surface area contributed by atoms with Crippen molar-refractivity contribution < 1.29 is 5.11 Å². The van der Waals surface area contributed by atoms with Gasteiger partial charge in [-0.2, -0.15) is 0 Å². The Bertz CT molecular complexity index is 289. The molecule has 1 rings (SSSR count). The number of anilines is 1. The van der Waals surface area contributed by atoms with Gasteiger partial charge in [-0.1, -0.05) is 6.92 Å². The fourth-order valence-electron chi connectivity index (χ4n) is 1.43. The Morgan fingerprint density at radius 1 is 1.53 bits per heavy atom. The number of aryl methyl sites for hydroxylation is 1. The van der Waals surface area contributed by atoms with Gasteiger partial charge in [0, 0.05) is 30.7 Å². The summed E-state index contributed by atoms with van der Waals surface area (Å²) in [6, 6.07) is 4.01. The highest BCUT2D eigenvalue weighted by molar-refractivity contribution is 5.42. The fourth-order valence-corrected chi connectivity index (χ4v) is 1.43.